The summed E-state index contributed by atoms with van der Waals surface area (Å²) in [5.74, 6) is -13.5. The molecule has 0 saturated carbocycles. The van der Waals surface area contributed by atoms with Gasteiger partial charge in [-0.2, -0.15) is 79.0 Å². The molecule has 0 saturated heterocycles. The lowest BCUT2D eigenvalue weighted by molar-refractivity contribution is -0.125. The molecule has 0 amide bonds. The standard InChI is InChI=1S/C6B3F18O3P/c10-1(11,12)7(2(13,14)15)28-9(29-8(3(16,17)18)4(19,20)21)30-31(5(22,23)24)6(25,26)27. The summed E-state index contributed by atoms with van der Waals surface area (Å²) in [4.78, 5) is 0. The molecule has 0 spiro atoms. The highest BCUT2D eigenvalue weighted by atomic mass is 31.1. The van der Waals surface area contributed by atoms with Crippen LogP contribution in [-0.2, 0) is 13.6 Å². The summed E-state index contributed by atoms with van der Waals surface area (Å²) in [6.45, 7) is -11.0. The molecule has 0 aliphatic heterocycles. The van der Waals surface area contributed by atoms with Crippen molar-refractivity contribution in [2.45, 2.75) is 36.1 Å². The average Bonchev–Trinajstić information content (AvgIpc) is 2.37. The van der Waals surface area contributed by atoms with Gasteiger partial charge < -0.3 is 13.6 Å². The highest BCUT2D eigenvalue weighted by Gasteiger charge is 2.71. The van der Waals surface area contributed by atoms with Gasteiger partial charge in [0.05, 0.1) is 0 Å². The van der Waals surface area contributed by atoms with E-state index in [1.54, 1.807) is 0 Å². The minimum absolute atomic E-state index is 2.54. The Morgan fingerprint density at radius 1 is 0.419 bits per heavy atom. The van der Waals surface area contributed by atoms with Crippen molar-refractivity contribution in [3.63, 3.8) is 0 Å². The summed E-state index contributed by atoms with van der Waals surface area (Å²) in [5, 5.41) is 0. The molecule has 0 fully saturated rings. The molecule has 0 rings (SSSR count). The summed E-state index contributed by atoms with van der Waals surface area (Å²) in [6, 6.07) is 0. The molecule has 3 nitrogen and oxygen atoms in total. The molecule has 0 aliphatic carbocycles. The Bertz CT molecular complexity index is 452. The first-order valence-corrected chi connectivity index (χ1v) is 7.62. The van der Waals surface area contributed by atoms with Crippen molar-refractivity contribution in [3.8, 4) is 0 Å². The molecule has 0 aromatic carbocycles. The first kappa shape index (κ1) is 30.2. The van der Waals surface area contributed by atoms with E-state index in [0.717, 1.165) is 0 Å². The fraction of sp³-hybridized carbons (Fsp3) is 1.00. The van der Waals surface area contributed by atoms with Gasteiger partial charge in [0.15, 0.2) is 0 Å². The maximum absolute atomic E-state index is 12.4. The van der Waals surface area contributed by atoms with E-state index in [4.69, 9.17) is 0 Å². The average molecular weight is 525 g/mol. The number of hydrogen-bond acceptors (Lipinski definition) is 3. The summed E-state index contributed by atoms with van der Waals surface area (Å²) in [6.07, 6.45) is -27.2. The van der Waals surface area contributed by atoms with Crippen LogP contribution in [-0.4, -0.2) is 57.3 Å². The van der Waals surface area contributed by atoms with E-state index in [1.807, 2.05) is 0 Å². The van der Waals surface area contributed by atoms with E-state index >= 15 is 0 Å². The van der Waals surface area contributed by atoms with Crippen LogP contribution in [0.2, 0.25) is 0 Å². The van der Waals surface area contributed by atoms with Crippen LogP contribution >= 0.6 is 8.15 Å². The lowest BCUT2D eigenvalue weighted by Gasteiger charge is -2.29. The van der Waals surface area contributed by atoms with Crippen molar-refractivity contribution in [1.29, 1.82) is 0 Å². The Morgan fingerprint density at radius 2 is 0.645 bits per heavy atom. The van der Waals surface area contributed by atoms with E-state index in [-0.39, 0.29) is 0 Å². The van der Waals surface area contributed by atoms with Gasteiger partial charge in [-0.1, -0.05) is 0 Å². The van der Waals surface area contributed by atoms with E-state index in [2.05, 4.69) is 13.6 Å². The summed E-state index contributed by atoms with van der Waals surface area (Å²) < 4.78 is 230. The molecule has 0 bridgehead atoms. The van der Waals surface area contributed by atoms with Crippen LogP contribution in [0.15, 0.2) is 0 Å². The fourth-order valence-corrected chi connectivity index (χ4v) is 2.13. The SMILES string of the molecule is FC(F)(F)B(OB(OB(C(F)(F)F)C(F)(F)F)OP(C(F)(F)F)C(F)(F)F)C(F)(F)F. The third-order valence-electron chi connectivity index (χ3n) is 2.34. The maximum Gasteiger partial charge on any atom is 0.612 e. The number of alkyl halides is 18. The van der Waals surface area contributed by atoms with E-state index in [1.165, 1.54) is 0 Å². The molecular weight excluding hydrogens is 525 g/mol. The summed E-state index contributed by atoms with van der Waals surface area (Å²) >= 11 is 0. The van der Waals surface area contributed by atoms with Crippen molar-refractivity contribution in [2.75, 3.05) is 0 Å². The molecule has 0 N–H and O–H groups in total. The monoisotopic (exact) mass is 526 g/mol. The van der Waals surface area contributed by atoms with Gasteiger partial charge in [-0.05, 0) is 0 Å². The second-order valence-corrected chi connectivity index (χ2v) is 6.64. The molecule has 31 heavy (non-hydrogen) atoms. The Balaban J connectivity index is 6.36. The maximum atomic E-state index is 12.4. The van der Waals surface area contributed by atoms with E-state index in [0.29, 0.717) is 0 Å². The fourth-order valence-electron chi connectivity index (χ4n) is 1.33. The molecule has 0 aromatic heterocycles. The quantitative estimate of drug-likeness (QED) is 0.248. The normalized spacial score (nSPS) is 14.8. The van der Waals surface area contributed by atoms with Gasteiger partial charge in [-0.3, -0.25) is 0 Å². The van der Waals surface area contributed by atoms with Crippen molar-refractivity contribution in [1.82, 2.24) is 0 Å². The topological polar surface area (TPSA) is 27.7 Å². The Hall–Kier alpha value is -0.755. The molecular formula is C6B3F18O3P. The van der Waals surface area contributed by atoms with Crippen molar-refractivity contribution in [3.05, 3.63) is 0 Å². The van der Waals surface area contributed by atoms with Crippen molar-refractivity contribution >= 4 is 29.3 Å². The lowest BCUT2D eigenvalue weighted by atomic mass is 9.62. The molecule has 0 unspecified atom stereocenters. The summed E-state index contributed by atoms with van der Waals surface area (Å²) in [7, 11) is -11.3. The Kier molecular flexibility index (Phi) is 9.02. The van der Waals surface area contributed by atoms with Crippen molar-refractivity contribution < 1.29 is 92.6 Å². The van der Waals surface area contributed by atoms with Crippen molar-refractivity contribution in [2.24, 2.45) is 0 Å². The highest BCUT2D eigenvalue weighted by Crippen LogP contribution is 2.65. The second-order valence-electron chi connectivity index (χ2n) is 4.82. The highest BCUT2D eigenvalue weighted by molar-refractivity contribution is 7.55. The van der Waals surface area contributed by atoms with Crippen LogP contribution in [0.5, 0.6) is 0 Å². The van der Waals surface area contributed by atoms with Gasteiger partial charge in [0.25, 0.3) is 0 Å². The number of hydrogen-bond donors (Lipinski definition) is 0. The smallest absolute Gasteiger partial charge is 0.436 e. The zero-order valence-corrected chi connectivity index (χ0v) is 14.1. The van der Waals surface area contributed by atoms with E-state index < -0.39 is 65.4 Å². The molecule has 0 aromatic rings. The first-order valence-electron chi connectivity index (χ1n) is 6.36. The predicted molar refractivity (Wildman–Crippen MR) is 63.8 cm³/mol. The van der Waals surface area contributed by atoms with Crippen LogP contribution < -0.4 is 0 Å². The van der Waals surface area contributed by atoms with Crippen LogP contribution in [0, 0.1) is 0 Å². The first-order chi connectivity index (χ1) is 13.2. The van der Waals surface area contributed by atoms with Gasteiger partial charge in [-0.25, -0.2) is 0 Å². The van der Waals surface area contributed by atoms with Gasteiger partial charge in [-0.15, -0.1) is 0 Å². The largest absolute Gasteiger partial charge is 0.612 e. The summed E-state index contributed by atoms with van der Waals surface area (Å²) in [5.41, 5.74) is 0. The minimum Gasteiger partial charge on any atom is -0.436 e. The number of halogens is 18. The van der Waals surface area contributed by atoms with Crippen LogP contribution in [0.4, 0.5) is 79.0 Å². The minimum atomic E-state index is -6.80. The van der Waals surface area contributed by atoms with Gasteiger partial charge in [0, 0.05) is 0 Å². The molecule has 0 heterocycles. The van der Waals surface area contributed by atoms with Gasteiger partial charge >= 0.3 is 57.3 Å². The van der Waals surface area contributed by atoms with Crippen LogP contribution in [0.25, 0.3) is 0 Å². The van der Waals surface area contributed by atoms with Gasteiger partial charge in [0.1, 0.15) is 0 Å². The molecule has 0 radical (unpaired) electrons. The molecule has 182 valence electrons. The predicted octanol–water partition coefficient (Wildman–Crippen LogP) is 5.85. The third-order valence-corrected chi connectivity index (χ3v) is 3.64. The van der Waals surface area contributed by atoms with E-state index in [9.17, 15) is 79.0 Å². The number of rotatable bonds is 6. The van der Waals surface area contributed by atoms with Gasteiger partial charge in [0.2, 0.25) is 8.15 Å². The van der Waals surface area contributed by atoms with Crippen LogP contribution in [0.1, 0.15) is 0 Å². The molecule has 0 aliphatic rings. The molecule has 0 atom stereocenters. The lowest BCUT2D eigenvalue weighted by Crippen LogP contribution is -2.58. The third kappa shape index (κ3) is 9.73. The molecule has 25 heteroatoms. The Labute approximate surface area is 159 Å². The zero-order valence-electron chi connectivity index (χ0n) is 13.2. The second kappa shape index (κ2) is 9.24. The van der Waals surface area contributed by atoms with Crippen LogP contribution in [0.3, 0.4) is 0 Å². The Morgan fingerprint density at radius 3 is 0.806 bits per heavy atom. The zero-order chi connectivity index (χ0) is 25.4.